The molecule has 0 radical (unpaired) electrons. The van der Waals surface area contributed by atoms with Crippen LogP contribution >= 0.6 is 11.6 Å². The maximum absolute atomic E-state index is 12.0. The highest BCUT2D eigenvalue weighted by molar-refractivity contribution is 6.31. The number of carbonyl (C=O) groups is 1. The van der Waals surface area contributed by atoms with E-state index in [-0.39, 0.29) is 18.4 Å². The van der Waals surface area contributed by atoms with Crippen LogP contribution in [0.25, 0.3) is 0 Å². The maximum Gasteiger partial charge on any atom is 0.254 e. The Morgan fingerprint density at radius 1 is 1.56 bits per heavy atom. The van der Waals surface area contributed by atoms with Gasteiger partial charge in [-0.1, -0.05) is 17.7 Å². The fraction of sp³-hybridized carbons (Fsp3) is 0.417. The lowest BCUT2D eigenvalue weighted by atomic mass is 9.98. The Kier molecular flexibility index (Phi) is 3.17. The van der Waals surface area contributed by atoms with Crippen LogP contribution in [0.15, 0.2) is 18.2 Å². The zero-order valence-electron chi connectivity index (χ0n) is 9.11. The number of likely N-dealkylation sites (tertiary alicyclic amines) is 1. The van der Waals surface area contributed by atoms with Crippen LogP contribution in [0, 0.1) is 12.8 Å². The summed E-state index contributed by atoms with van der Waals surface area (Å²) in [5, 5.41) is 9.47. The minimum Gasteiger partial charge on any atom is -0.396 e. The van der Waals surface area contributed by atoms with Crippen molar-refractivity contribution < 1.29 is 9.90 Å². The number of halogens is 1. The lowest BCUT2D eigenvalue weighted by molar-refractivity contribution is 0.0361. The maximum atomic E-state index is 12.0. The third-order valence-corrected chi connectivity index (χ3v) is 3.17. The monoisotopic (exact) mass is 239 g/mol. The van der Waals surface area contributed by atoms with Gasteiger partial charge in [0, 0.05) is 36.2 Å². The average molecular weight is 240 g/mol. The van der Waals surface area contributed by atoms with E-state index < -0.39 is 0 Å². The first-order valence-corrected chi connectivity index (χ1v) is 5.66. The molecule has 0 spiro atoms. The van der Waals surface area contributed by atoms with Gasteiger partial charge in [-0.3, -0.25) is 4.79 Å². The molecule has 1 aromatic rings. The van der Waals surface area contributed by atoms with Gasteiger partial charge in [0.1, 0.15) is 0 Å². The highest BCUT2D eigenvalue weighted by Gasteiger charge is 2.31. The Morgan fingerprint density at radius 2 is 2.25 bits per heavy atom. The second-order valence-corrected chi connectivity index (χ2v) is 4.65. The molecule has 86 valence electrons. The lowest BCUT2D eigenvalue weighted by Crippen LogP contribution is -2.51. The van der Waals surface area contributed by atoms with Crippen molar-refractivity contribution in [2.45, 2.75) is 6.92 Å². The summed E-state index contributed by atoms with van der Waals surface area (Å²) < 4.78 is 0. The van der Waals surface area contributed by atoms with Gasteiger partial charge in [-0.2, -0.15) is 0 Å². The SMILES string of the molecule is Cc1ccc(Cl)cc1C(=O)N1CC(CO)C1. The van der Waals surface area contributed by atoms with Crippen LogP contribution in [0.2, 0.25) is 5.02 Å². The number of amides is 1. The van der Waals surface area contributed by atoms with E-state index in [1.165, 1.54) is 0 Å². The molecular formula is C12H14ClNO2. The Bertz CT molecular complexity index is 413. The topological polar surface area (TPSA) is 40.5 Å². The van der Waals surface area contributed by atoms with Crippen LogP contribution in [0.3, 0.4) is 0 Å². The van der Waals surface area contributed by atoms with E-state index in [2.05, 4.69) is 0 Å². The molecule has 2 rings (SSSR count). The van der Waals surface area contributed by atoms with E-state index in [1.807, 2.05) is 13.0 Å². The standard InChI is InChI=1S/C12H14ClNO2/c1-8-2-3-10(13)4-11(8)12(16)14-5-9(6-14)7-15/h2-4,9,15H,5-7H2,1H3. The van der Waals surface area contributed by atoms with E-state index in [0.29, 0.717) is 23.7 Å². The molecule has 3 nitrogen and oxygen atoms in total. The molecule has 0 aromatic heterocycles. The van der Waals surface area contributed by atoms with Gasteiger partial charge in [0.15, 0.2) is 0 Å². The molecule has 4 heteroatoms. The van der Waals surface area contributed by atoms with E-state index in [4.69, 9.17) is 16.7 Å². The first-order valence-electron chi connectivity index (χ1n) is 5.28. The van der Waals surface area contributed by atoms with Gasteiger partial charge >= 0.3 is 0 Å². The normalized spacial score (nSPS) is 16.1. The second-order valence-electron chi connectivity index (χ2n) is 4.22. The number of rotatable bonds is 2. The van der Waals surface area contributed by atoms with E-state index in [1.54, 1.807) is 17.0 Å². The van der Waals surface area contributed by atoms with Gasteiger partial charge in [-0.15, -0.1) is 0 Å². The Morgan fingerprint density at radius 3 is 2.88 bits per heavy atom. The van der Waals surface area contributed by atoms with Crippen LogP contribution in [-0.2, 0) is 0 Å². The quantitative estimate of drug-likeness (QED) is 0.854. The van der Waals surface area contributed by atoms with E-state index >= 15 is 0 Å². The summed E-state index contributed by atoms with van der Waals surface area (Å²) in [5.41, 5.74) is 1.59. The molecule has 1 N–H and O–H groups in total. The minimum absolute atomic E-state index is 0.00435. The summed E-state index contributed by atoms with van der Waals surface area (Å²) in [6, 6.07) is 5.32. The van der Waals surface area contributed by atoms with Crippen LogP contribution in [-0.4, -0.2) is 35.6 Å². The Hall–Kier alpha value is -1.06. The highest BCUT2D eigenvalue weighted by Crippen LogP contribution is 2.22. The van der Waals surface area contributed by atoms with Gasteiger partial charge in [0.25, 0.3) is 5.91 Å². The number of hydrogen-bond acceptors (Lipinski definition) is 2. The molecule has 0 bridgehead atoms. The van der Waals surface area contributed by atoms with Crippen LogP contribution in [0.5, 0.6) is 0 Å². The van der Waals surface area contributed by atoms with Crippen LogP contribution < -0.4 is 0 Å². The third-order valence-electron chi connectivity index (χ3n) is 2.93. The average Bonchev–Trinajstić information content (AvgIpc) is 2.20. The van der Waals surface area contributed by atoms with Crippen molar-refractivity contribution in [3.63, 3.8) is 0 Å². The van der Waals surface area contributed by atoms with Crippen LogP contribution in [0.1, 0.15) is 15.9 Å². The molecule has 1 amide bonds. The number of aliphatic hydroxyl groups is 1. The van der Waals surface area contributed by atoms with Gasteiger partial charge < -0.3 is 10.0 Å². The number of hydrogen-bond donors (Lipinski definition) is 1. The number of benzene rings is 1. The van der Waals surface area contributed by atoms with Gasteiger partial charge in [0.05, 0.1) is 0 Å². The van der Waals surface area contributed by atoms with Crippen molar-refractivity contribution in [3.05, 3.63) is 34.3 Å². The Labute approximate surface area is 99.6 Å². The lowest BCUT2D eigenvalue weighted by Gasteiger charge is -2.38. The predicted molar refractivity (Wildman–Crippen MR) is 62.7 cm³/mol. The number of aliphatic hydroxyl groups excluding tert-OH is 1. The highest BCUT2D eigenvalue weighted by atomic mass is 35.5. The van der Waals surface area contributed by atoms with E-state index in [9.17, 15) is 4.79 Å². The molecule has 1 aliphatic rings. The van der Waals surface area contributed by atoms with Crippen molar-refractivity contribution >= 4 is 17.5 Å². The summed E-state index contributed by atoms with van der Waals surface area (Å²) in [6.07, 6.45) is 0. The molecule has 0 unspecified atom stereocenters. The zero-order valence-corrected chi connectivity index (χ0v) is 9.87. The largest absolute Gasteiger partial charge is 0.396 e. The number of nitrogens with zero attached hydrogens (tertiary/aromatic N) is 1. The van der Waals surface area contributed by atoms with Crippen molar-refractivity contribution in [1.82, 2.24) is 4.90 Å². The fourth-order valence-electron chi connectivity index (χ4n) is 1.85. The minimum atomic E-state index is 0.00435. The number of aryl methyl sites for hydroxylation is 1. The zero-order chi connectivity index (χ0) is 11.7. The van der Waals surface area contributed by atoms with Gasteiger partial charge in [-0.05, 0) is 24.6 Å². The summed E-state index contributed by atoms with van der Waals surface area (Å²) in [4.78, 5) is 13.8. The van der Waals surface area contributed by atoms with E-state index in [0.717, 1.165) is 5.56 Å². The summed E-state index contributed by atoms with van der Waals surface area (Å²) in [6.45, 7) is 3.33. The second kappa shape index (κ2) is 4.44. The molecule has 1 fully saturated rings. The molecular weight excluding hydrogens is 226 g/mol. The van der Waals surface area contributed by atoms with Crippen molar-refractivity contribution in [3.8, 4) is 0 Å². The molecule has 1 aliphatic heterocycles. The molecule has 0 aliphatic carbocycles. The number of carbonyl (C=O) groups excluding carboxylic acids is 1. The van der Waals surface area contributed by atoms with Crippen molar-refractivity contribution in [2.24, 2.45) is 5.92 Å². The fourth-order valence-corrected chi connectivity index (χ4v) is 2.02. The first-order chi connectivity index (χ1) is 7.61. The molecule has 0 atom stereocenters. The Balaban J connectivity index is 2.13. The molecule has 1 heterocycles. The molecule has 1 saturated heterocycles. The summed E-state index contributed by atoms with van der Waals surface area (Å²) >= 11 is 5.87. The first kappa shape index (κ1) is 11.4. The third kappa shape index (κ3) is 2.06. The summed E-state index contributed by atoms with van der Waals surface area (Å²) in [7, 11) is 0. The predicted octanol–water partition coefficient (Wildman–Crippen LogP) is 1.71. The summed E-state index contributed by atoms with van der Waals surface area (Å²) in [5.74, 6) is 0.244. The van der Waals surface area contributed by atoms with Crippen molar-refractivity contribution in [2.75, 3.05) is 19.7 Å². The molecule has 16 heavy (non-hydrogen) atoms. The van der Waals surface area contributed by atoms with Gasteiger partial charge in [0.2, 0.25) is 0 Å². The molecule has 0 saturated carbocycles. The smallest absolute Gasteiger partial charge is 0.254 e. The van der Waals surface area contributed by atoms with Crippen molar-refractivity contribution in [1.29, 1.82) is 0 Å². The molecule has 1 aromatic carbocycles. The van der Waals surface area contributed by atoms with Crippen LogP contribution in [0.4, 0.5) is 0 Å². The van der Waals surface area contributed by atoms with Gasteiger partial charge in [-0.25, -0.2) is 0 Å².